The molecule has 1 heterocycles. The van der Waals surface area contributed by atoms with Crippen LogP contribution in [0.4, 0.5) is 10.1 Å². The zero-order valence-electron chi connectivity index (χ0n) is 18.6. The Kier molecular flexibility index (Phi) is 6.84. The average molecular weight is 446 g/mol. The van der Waals surface area contributed by atoms with Crippen molar-refractivity contribution in [3.05, 3.63) is 90.0 Å². The van der Waals surface area contributed by atoms with Crippen LogP contribution < -0.4 is 11.1 Å². The van der Waals surface area contributed by atoms with Crippen molar-refractivity contribution in [2.75, 3.05) is 18.4 Å². The van der Waals surface area contributed by atoms with Crippen LogP contribution in [0.15, 0.2) is 78.9 Å². The van der Waals surface area contributed by atoms with Crippen LogP contribution in [0.2, 0.25) is 0 Å². The summed E-state index contributed by atoms with van der Waals surface area (Å²) in [5.74, 6) is -0.577. The highest BCUT2D eigenvalue weighted by Gasteiger charge is 2.32. The number of nitrogens with one attached hydrogen (secondary N) is 1. The molecule has 1 aliphatic heterocycles. The molecule has 0 spiro atoms. The fourth-order valence-corrected chi connectivity index (χ4v) is 4.09. The van der Waals surface area contributed by atoms with Crippen molar-refractivity contribution in [2.45, 2.75) is 31.5 Å². The van der Waals surface area contributed by atoms with Crippen molar-refractivity contribution in [3.8, 4) is 11.1 Å². The van der Waals surface area contributed by atoms with E-state index in [4.69, 9.17) is 5.73 Å². The average Bonchev–Trinajstić information content (AvgIpc) is 3.29. The fraction of sp³-hybridized carbons (Fsp3) is 0.259. The summed E-state index contributed by atoms with van der Waals surface area (Å²) in [6.45, 7) is 2.47. The molecule has 3 aromatic carbocycles. The molecule has 3 aromatic rings. The summed E-state index contributed by atoms with van der Waals surface area (Å²) in [6, 6.07) is 23.9. The summed E-state index contributed by atoms with van der Waals surface area (Å²) in [6.07, 6.45) is -0.578. The number of likely N-dealkylation sites (tertiary alicyclic amines) is 1. The Morgan fingerprint density at radius 1 is 1.00 bits per heavy atom. The van der Waals surface area contributed by atoms with E-state index in [-0.39, 0.29) is 24.3 Å². The maximum Gasteiger partial charge on any atom is 0.255 e. The summed E-state index contributed by atoms with van der Waals surface area (Å²) in [5, 5.41) is 2.90. The van der Waals surface area contributed by atoms with Gasteiger partial charge in [0, 0.05) is 23.7 Å². The van der Waals surface area contributed by atoms with Gasteiger partial charge in [0.15, 0.2) is 0 Å². The first-order chi connectivity index (χ1) is 15.9. The highest BCUT2D eigenvalue weighted by molar-refractivity contribution is 6.04. The van der Waals surface area contributed by atoms with Crippen LogP contribution in [0.3, 0.4) is 0 Å². The number of anilines is 1. The zero-order chi connectivity index (χ0) is 23.4. The molecular formula is C27H28FN3O2. The van der Waals surface area contributed by atoms with E-state index in [0.29, 0.717) is 18.5 Å². The molecule has 170 valence electrons. The van der Waals surface area contributed by atoms with Crippen LogP contribution in [0.25, 0.3) is 11.1 Å². The number of halogens is 1. The van der Waals surface area contributed by atoms with Crippen molar-refractivity contribution in [1.82, 2.24) is 4.90 Å². The zero-order valence-corrected chi connectivity index (χ0v) is 18.6. The maximum atomic E-state index is 13.5. The smallest absolute Gasteiger partial charge is 0.255 e. The Labute approximate surface area is 193 Å². The quantitative estimate of drug-likeness (QED) is 0.582. The van der Waals surface area contributed by atoms with Gasteiger partial charge >= 0.3 is 0 Å². The Hall–Kier alpha value is -3.51. The molecule has 0 saturated carbocycles. The van der Waals surface area contributed by atoms with Crippen molar-refractivity contribution >= 4 is 17.5 Å². The third-order valence-corrected chi connectivity index (χ3v) is 6.19. The third kappa shape index (κ3) is 5.29. The van der Waals surface area contributed by atoms with Gasteiger partial charge in [0.1, 0.15) is 6.17 Å². The molecule has 0 aromatic heterocycles. The lowest BCUT2D eigenvalue weighted by atomic mass is 9.91. The molecule has 2 amide bonds. The molecule has 3 N–H and O–H groups in total. The normalized spacial score (nSPS) is 17.4. The van der Waals surface area contributed by atoms with E-state index in [1.165, 1.54) is 4.90 Å². The van der Waals surface area contributed by atoms with Gasteiger partial charge in [-0.15, -0.1) is 0 Å². The van der Waals surface area contributed by atoms with E-state index in [1.807, 2.05) is 79.7 Å². The molecule has 0 unspecified atom stereocenters. The number of alkyl halides is 1. The van der Waals surface area contributed by atoms with E-state index in [1.54, 1.807) is 6.07 Å². The highest BCUT2D eigenvalue weighted by Crippen LogP contribution is 2.26. The monoisotopic (exact) mass is 445 g/mol. The summed E-state index contributed by atoms with van der Waals surface area (Å²) >= 11 is 0. The molecule has 1 saturated heterocycles. The lowest BCUT2D eigenvalue weighted by molar-refractivity contribution is -0.132. The number of hydrogen-bond acceptors (Lipinski definition) is 3. The second kappa shape index (κ2) is 9.96. The number of carbonyl (C=O) groups excluding carboxylic acids is 2. The van der Waals surface area contributed by atoms with Gasteiger partial charge in [-0.3, -0.25) is 9.59 Å². The number of para-hydroxylation sites is 1. The van der Waals surface area contributed by atoms with Crippen LogP contribution in [-0.2, 0) is 4.79 Å². The van der Waals surface area contributed by atoms with Gasteiger partial charge in [0.05, 0.1) is 12.6 Å². The lowest BCUT2D eigenvalue weighted by Crippen LogP contribution is -2.45. The van der Waals surface area contributed by atoms with Crippen molar-refractivity contribution in [1.29, 1.82) is 0 Å². The molecule has 3 atom stereocenters. The molecule has 1 fully saturated rings. The number of hydrogen-bond donors (Lipinski definition) is 2. The summed E-state index contributed by atoms with van der Waals surface area (Å²) in [5.41, 5.74) is 10.4. The first-order valence-electron chi connectivity index (χ1n) is 11.2. The summed E-state index contributed by atoms with van der Waals surface area (Å²) < 4.78 is 13.5. The van der Waals surface area contributed by atoms with E-state index in [2.05, 4.69) is 5.32 Å². The standard InChI is InChI=1S/C27H28FN3O2/c1-18(25(29)27(33)31-15-14-23(28)17-31)19-10-12-20(13-11-19)21-6-5-7-22(16-21)26(32)30-24-8-3-2-4-9-24/h2-13,16,18,23,25H,14-15,17,29H2,1H3,(H,30,32)/t18-,23-,25-/m0/s1. The number of amides is 2. The Bertz CT molecular complexity index is 1120. The number of nitrogens with zero attached hydrogens (tertiary/aromatic N) is 1. The maximum absolute atomic E-state index is 13.5. The number of rotatable bonds is 6. The second-order valence-corrected chi connectivity index (χ2v) is 8.51. The third-order valence-electron chi connectivity index (χ3n) is 6.19. The molecule has 0 bridgehead atoms. The van der Waals surface area contributed by atoms with Crippen LogP contribution in [0, 0.1) is 0 Å². The van der Waals surface area contributed by atoms with Gasteiger partial charge in [0.2, 0.25) is 5.91 Å². The van der Waals surface area contributed by atoms with E-state index < -0.39 is 12.2 Å². The molecule has 0 aliphatic carbocycles. The first kappa shape index (κ1) is 22.7. The topological polar surface area (TPSA) is 75.4 Å². The predicted molar refractivity (Wildman–Crippen MR) is 129 cm³/mol. The van der Waals surface area contributed by atoms with Crippen molar-refractivity contribution in [2.24, 2.45) is 5.73 Å². The van der Waals surface area contributed by atoms with Crippen molar-refractivity contribution in [3.63, 3.8) is 0 Å². The van der Waals surface area contributed by atoms with E-state index in [9.17, 15) is 14.0 Å². The van der Waals surface area contributed by atoms with Crippen LogP contribution in [-0.4, -0.2) is 42.0 Å². The Morgan fingerprint density at radius 3 is 2.39 bits per heavy atom. The van der Waals surface area contributed by atoms with Crippen molar-refractivity contribution < 1.29 is 14.0 Å². The first-order valence-corrected chi connectivity index (χ1v) is 11.2. The molecule has 33 heavy (non-hydrogen) atoms. The molecule has 4 rings (SSSR count). The molecule has 6 heteroatoms. The van der Waals surface area contributed by atoms with Gasteiger partial charge in [-0.25, -0.2) is 4.39 Å². The minimum atomic E-state index is -0.957. The highest BCUT2D eigenvalue weighted by atomic mass is 19.1. The van der Waals surface area contributed by atoms with Gasteiger partial charge in [-0.2, -0.15) is 0 Å². The molecular weight excluding hydrogens is 417 g/mol. The number of nitrogens with two attached hydrogens (primary N) is 1. The van der Waals surface area contributed by atoms with Gasteiger partial charge < -0.3 is 16.0 Å². The largest absolute Gasteiger partial charge is 0.338 e. The van der Waals surface area contributed by atoms with E-state index in [0.717, 1.165) is 22.4 Å². The van der Waals surface area contributed by atoms with Gasteiger partial charge in [0.25, 0.3) is 5.91 Å². The van der Waals surface area contributed by atoms with Crippen LogP contribution in [0.1, 0.15) is 35.2 Å². The lowest BCUT2D eigenvalue weighted by Gasteiger charge is -2.25. The predicted octanol–water partition coefficient (Wildman–Crippen LogP) is 4.61. The van der Waals surface area contributed by atoms with Crippen LogP contribution >= 0.6 is 0 Å². The summed E-state index contributed by atoms with van der Waals surface area (Å²) in [7, 11) is 0. The van der Waals surface area contributed by atoms with Gasteiger partial charge in [-0.05, 0) is 47.4 Å². The minimum absolute atomic E-state index is 0.131. The second-order valence-electron chi connectivity index (χ2n) is 8.51. The number of carbonyl (C=O) groups is 2. The minimum Gasteiger partial charge on any atom is -0.338 e. The Balaban J connectivity index is 1.45. The Morgan fingerprint density at radius 2 is 1.73 bits per heavy atom. The fourth-order valence-electron chi connectivity index (χ4n) is 4.09. The van der Waals surface area contributed by atoms with Gasteiger partial charge in [-0.1, -0.05) is 61.5 Å². The summed E-state index contributed by atoms with van der Waals surface area (Å²) in [4.78, 5) is 26.8. The molecule has 1 aliphatic rings. The molecule has 5 nitrogen and oxygen atoms in total. The van der Waals surface area contributed by atoms with Crippen LogP contribution in [0.5, 0.6) is 0 Å². The SMILES string of the molecule is C[C@@H](c1ccc(-c2cccc(C(=O)Nc3ccccc3)c2)cc1)[C@H](N)C(=O)N1CC[C@H](F)C1. The van der Waals surface area contributed by atoms with E-state index >= 15 is 0 Å². The number of benzene rings is 3. The molecule has 0 radical (unpaired) electrons.